The maximum Gasteiger partial charge on any atom is 0.234 e. The van der Waals surface area contributed by atoms with E-state index < -0.39 is 0 Å². The Balaban J connectivity index is 1.57. The van der Waals surface area contributed by atoms with E-state index in [9.17, 15) is 4.79 Å². The zero-order chi connectivity index (χ0) is 20.9. The Morgan fingerprint density at radius 2 is 1.70 bits per heavy atom. The highest BCUT2D eigenvalue weighted by Crippen LogP contribution is 2.28. The molecule has 0 saturated heterocycles. The molecule has 7 heteroatoms. The molecule has 0 aliphatic heterocycles. The molecule has 30 heavy (non-hydrogen) atoms. The number of hydrogen-bond donors (Lipinski definition) is 1. The third kappa shape index (κ3) is 4.63. The molecule has 1 N–H and O–H groups in total. The van der Waals surface area contributed by atoms with Gasteiger partial charge in [-0.2, -0.15) is 0 Å². The summed E-state index contributed by atoms with van der Waals surface area (Å²) in [5.74, 6) is 0.887. The number of nitrogens with one attached hydrogen (secondary N) is 1. The number of nitrogens with zero attached hydrogens (tertiary/aromatic N) is 3. The predicted octanol–water partition coefficient (Wildman–Crippen LogP) is 5.74. The van der Waals surface area contributed by atoms with Gasteiger partial charge >= 0.3 is 0 Å². The normalized spacial score (nSPS) is 10.7. The van der Waals surface area contributed by atoms with E-state index in [0.29, 0.717) is 5.16 Å². The molecule has 5 nitrogen and oxygen atoms in total. The van der Waals surface area contributed by atoms with Crippen LogP contribution in [0.5, 0.6) is 0 Å². The lowest BCUT2D eigenvalue weighted by Gasteiger charge is -2.11. The number of carbonyl (C=O) groups excluding carboxylic acids is 1. The summed E-state index contributed by atoms with van der Waals surface area (Å²) in [5.41, 5.74) is 3.73. The molecule has 0 saturated carbocycles. The van der Waals surface area contributed by atoms with Gasteiger partial charge in [-0.15, -0.1) is 10.2 Å². The molecule has 0 radical (unpaired) electrons. The highest BCUT2D eigenvalue weighted by molar-refractivity contribution is 9.10. The van der Waals surface area contributed by atoms with Crippen molar-refractivity contribution < 1.29 is 4.79 Å². The summed E-state index contributed by atoms with van der Waals surface area (Å²) in [4.78, 5) is 12.5. The van der Waals surface area contributed by atoms with E-state index in [4.69, 9.17) is 0 Å². The molecule has 1 amide bonds. The number of benzene rings is 3. The number of rotatable bonds is 6. The van der Waals surface area contributed by atoms with Gasteiger partial charge in [0, 0.05) is 21.4 Å². The van der Waals surface area contributed by atoms with Crippen LogP contribution in [0.2, 0.25) is 0 Å². The fourth-order valence-electron chi connectivity index (χ4n) is 3.03. The second kappa shape index (κ2) is 9.28. The minimum Gasteiger partial charge on any atom is -0.325 e. The minimum atomic E-state index is -0.0886. The van der Waals surface area contributed by atoms with Crippen LogP contribution in [-0.2, 0) is 4.79 Å². The van der Waals surface area contributed by atoms with Crippen molar-refractivity contribution in [2.24, 2.45) is 0 Å². The van der Waals surface area contributed by atoms with Crippen LogP contribution in [0.15, 0.2) is 88.5 Å². The van der Waals surface area contributed by atoms with Crippen LogP contribution in [0.1, 0.15) is 5.56 Å². The molecule has 4 aromatic rings. The fraction of sp³-hybridized carbons (Fsp3) is 0.0870. The molecule has 0 spiro atoms. The lowest BCUT2D eigenvalue weighted by Crippen LogP contribution is -2.15. The summed E-state index contributed by atoms with van der Waals surface area (Å²) < 4.78 is 2.97. The maximum atomic E-state index is 12.5. The van der Waals surface area contributed by atoms with E-state index in [1.165, 1.54) is 11.8 Å². The summed E-state index contributed by atoms with van der Waals surface area (Å²) in [6.45, 7) is 1.96. The van der Waals surface area contributed by atoms with Crippen LogP contribution in [0.4, 0.5) is 5.69 Å². The second-order valence-corrected chi connectivity index (χ2v) is 8.50. The van der Waals surface area contributed by atoms with Crippen molar-refractivity contribution in [3.8, 4) is 17.1 Å². The molecule has 150 valence electrons. The van der Waals surface area contributed by atoms with Gasteiger partial charge in [-0.3, -0.25) is 9.36 Å². The molecular weight excluding hydrogens is 460 g/mol. The van der Waals surface area contributed by atoms with Gasteiger partial charge in [-0.25, -0.2) is 0 Å². The SMILES string of the molecule is Cc1cc(Br)ccc1NC(=O)CSc1nnc(-c2ccccc2)n1-c1ccccc1. The van der Waals surface area contributed by atoms with E-state index in [0.717, 1.165) is 32.8 Å². The highest BCUT2D eigenvalue weighted by Gasteiger charge is 2.17. The van der Waals surface area contributed by atoms with Gasteiger partial charge < -0.3 is 5.32 Å². The minimum absolute atomic E-state index is 0.0886. The van der Waals surface area contributed by atoms with Crippen molar-refractivity contribution in [3.63, 3.8) is 0 Å². The van der Waals surface area contributed by atoms with Gasteiger partial charge in [0.25, 0.3) is 0 Å². The van der Waals surface area contributed by atoms with Crippen molar-refractivity contribution in [1.29, 1.82) is 0 Å². The summed E-state index contributed by atoms with van der Waals surface area (Å²) in [6.07, 6.45) is 0. The smallest absolute Gasteiger partial charge is 0.234 e. The van der Waals surface area contributed by atoms with Crippen molar-refractivity contribution in [1.82, 2.24) is 14.8 Å². The Morgan fingerprint density at radius 3 is 2.40 bits per heavy atom. The molecular formula is C23H19BrN4OS. The van der Waals surface area contributed by atoms with Gasteiger partial charge in [-0.05, 0) is 42.8 Å². The number of para-hydroxylation sites is 1. The van der Waals surface area contributed by atoms with Crippen LogP contribution in [0, 0.1) is 6.92 Å². The zero-order valence-corrected chi connectivity index (χ0v) is 18.7. The average Bonchev–Trinajstić information content (AvgIpc) is 3.19. The van der Waals surface area contributed by atoms with Gasteiger partial charge in [0.2, 0.25) is 5.91 Å². The highest BCUT2D eigenvalue weighted by atomic mass is 79.9. The number of amides is 1. The molecule has 0 aliphatic rings. The van der Waals surface area contributed by atoms with Gasteiger partial charge in [-0.1, -0.05) is 76.2 Å². The number of carbonyl (C=O) groups is 1. The summed E-state index contributed by atoms with van der Waals surface area (Å²) in [5, 5.41) is 12.4. The molecule has 1 heterocycles. The fourth-order valence-corrected chi connectivity index (χ4v) is 4.26. The van der Waals surface area contributed by atoms with E-state index in [1.807, 2.05) is 90.4 Å². The van der Waals surface area contributed by atoms with Crippen molar-refractivity contribution in [3.05, 3.63) is 88.9 Å². The maximum absolute atomic E-state index is 12.5. The Hall–Kier alpha value is -2.90. The zero-order valence-electron chi connectivity index (χ0n) is 16.2. The summed E-state index contributed by atoms with van der Waals surface area (Å²) in [6, 6.07) is 25.6. The van der Waals surface area contributed by atoms with E-state index in [2.05, 4.69) is 31.4 Å². The number of anilines is 1. The number of halogens is 1. The summed E-state index contributed by atoms with van der Waals surface area (Å²) >= 11 is 4.80. The molecule has 0 atom stereocenters. The predicted molar refractivity (Wildman–Crippen MR) is 125 cm³/mol. The lowest BCUT2D eigenvalue weighted by molar-refractivity contribution is -0.113. The first-order chi connectivity index (χ1) is 14.6. The van der Waals surface area contributed by atoms with Crippen molar-refractivity contribution >= 4 is 39.3 Å². The first-order valence-corrected chi connectivity index (χ1v) is 11.1. The first-order valence-electron chi connectivity index (χ1n) is 9.37. The topological polar surface area (TPSA) is 59.8 Å². The standard InChI is InChI=1S/C23H19BrN4OS/c1-16-14-18(24)12-13-20(16)25-21(29)15-30-23-27-26-22(17-8-4-2-5-9-17)28(23)19-10-6-3-7-11-19/h2-14H,15H2,1H3,(H,25,29). The Kier molecular flexibility index (Phi) is 6.30. The average molecular weight is 479 g/mol. The monoisotopic (exact) mass is 478 g/mol. The quantitative estimate of drug-likeness (QED) is 0.359. The van der Waals surface area contributed by atoms with Crippen LogP contribution in [0.25, 0.3) is 17.1 Å². The Morgan fingerprint density at radius 1 is 1.00 bits per heavy atom. The largest absolute Gasteiger partial charge is 0.325 e. The molecule has 3 aromatic carbocycles. The van der Waals surface area contributed by atoms with E-state index >= 15 is 0 Å². The van der Waals surface area contributed by atoms with E-state index in [1.54, 1.807) is 0 Å². The van der Waals surface area contributed by atoms with Crippen LogP contribution < -0.4 is 5.32 Å². The van der Waals surface area contributed by atoms with E-state index in [-0.39, 0.29) is 11.7 Å². The second-order valence-electron chi connectivity index (χ2n) is 6.64. The Labute approximate surface area is 187 Å². The lowest BCUT2D eigenvalue weighted by atomic mass is 10.2. The van der Waals surface area contributed by atoms with Gasteiger partial charge in [0.15, 0.2) is 11.0 Å². The van der Waals surface area contributed by atoms with Crippen LogP contribution in [-0.4, -0.2) is 26.4 Å². The number of thioether (sulfide) groups is 1. The molecule has 1 aromatic heterocycles. The van der Waals surface area contributed by atoms with Crippen LogP contribution >= 0.6 is 27.7 Å². The number of hydrogen-bond acceptors (Lipinski definition) is 4. The van der Waals surface area contributed by atoms with Gasteiger partial charge in [0.05, 0.1) is 5.75 Å². The first kappa shape index (κ1) is 20.4. The molecule has 0 unspecified atom stereocenters. The van der Waals surface area contributed by atoms with Gasteiger partial charge in [0.1, 0.15) is 0 Å². The van der Waals surface area contributed by atoms with Crippen LogP contribution in [0.3, 0.4) is 0 Å². The number of aromatic nitrogens is 3. The third-order valence-electron chi connectivity index (χ3n) is 4.47. The molecule has 0 aliphatic carbocycles. The van der Waals surface area contributed by atoms with Crippen molar-refractivity contribution in [2.75, 3.05) is 11.1 Å². The molecule has 4 rings (SSSR count). The third-order valence-corrected chi connectivity index (χ3v) is 5.90. The summed E-state index contributed by atoms with van der Waals surface area (Å²) in [7, 11) is 0. The van der Waals surface area contributed by atoms with Crippen molar-refractivity contribution in [2.45, 2.75) is 12.1 Å². The number of aryl methyl sites for hydroxylation is 1. The Bertz CT molecular complexity index is 1160. The molecule has 0 fully saturated rings. The molecule has 0 bridgehead atoms.